The molecule has 24 heavy (non-hydrogen) atoms. The monoisotopic (exact) mass is 323 g/mol. The van der Waals surface area contributed by atoms with E-state index in [1.807, 2.05) is 49.4 Å². The SMILES string of the molecule is COc1cccc(-c2noc(CNC(=O)c3ccccc3C)n2)c1. The number of nitrogens with one attached hydrogen (secondary N) is 1. The maximum absolute atomic E-state index is 12.2. The molecule has 1 aromatic heterocycles. The van der Waals surface area contributed by atoms with Crippen molar-refractivity contribution in [2.45, 2.75) is 13.5 Å². The van der Waals surface area contributed by atoms with Crippen LogP contribution in [0.1, 0.15) is 21.8 Å². The fourth-order valence-corrected chi connectivity index (χ4v) is 2.28. The van der Waals surface area contributed by atoms with Gasteiger partial charge in [-0.1, -0.05) is 35.5 Å². The number of carbonyl (C=O) groups is 1. The predicted octanol–water partition coefficient (Wildman–Crippen LogP) is 2.98. The Kier molecular flexibility index (Phi) is 4.56. The van der Waals surface area contributed by atoms with Crippen molar-refractivity contribution in [2.24, 2.45) is 0 Å². The second-order valence-electron chi connectivity index (χ2n) is 5.24. The van der Waals surface area contributed by atoms with Crippen molar-refractivity contribution in [3.63, 3.8) is 0 Å². The van der Waals surface area contributed by atoms with E-state index in [-0.39, 0.29) is 12.5 Å². The van der Waals surface area contributed by atoms with Crippen LogP contribution in [0.15, 0.2) is 53.1 Å². The summed E-state index contributed by atoms with van der Waals surface area (Å²) in [6.45, 7) is 2.06. The third kappa shape index (κ3) is 3.43. The van der Waals surface area contributed by atoms with Crippen LogP contribution < -0.4 is 10.1 Å². The van der Waals surface area contributed by atoms with Gasteiger partial charge in [0.2, 0.25) is 11.7 Å². The minimum absolute atomic E-state index is 0.171. The van der Waals surface area contributed by atoms with Crippen LogP contribution in [-0.2, 0) is 6.54 Å². The lowest BCUT2D eigenvalue weighted by Crippen LogP contribution is -2.23. The molecule has 6 nitrogen and oxygen atoms in total. The van der Waals surface area contributed by atoms with Crippen molar-refractivity contribution in [2.75, 3.05) is 7.11 Å². The molecule has 3 aromatic rings. The first kappa shape index (κ1) is 15.7. The van der Waals surface area contributed by atoms with Crippen molar-refractivity contribution < 1.29 is 14.1 Å². The summed E-state index contributed by atoms with van der Waals surface area (Å²) in [5.74, 6) is 1.34. The lowest BCUT2D eigenvalue weighted by molar-refractivity contribution is 0.0945. The normalized spacial score (nSPS) is 10.4. The second-order valence-corrected chi connectivity index (χ2v) is 5.24. The molecule has 1 heterocycles. The molecule has 0 aliphatic carbocycles. The Balaban J connectivity index is 1.68. The molecule has 2 aromatic carbocycles. The van der Waals surface area contributed by atoms with Gasteiger partial charge in [0.1, 0.15) is 5.75 Å². The highest BCUT2D eigenvalue weighted by atomic mass is 16.5. The summed E-state index contributed by atoms with van der Waals surface area (Å²) in [6, 6.07) is 14.8. The molecule has 0 aliphatic heterocycles. The zero-order valence-electron chi connectivity index (χ0n) is 13.4. The summed E-state index contributed by atoms with van der Waals surface area (Å²) in [5.41, 5.74) is 2.33. The van der Waals surface area contributed by atoms with Gasteiger partial charge < -0.3 is 14.6 Å². The van der Waals surface area contributed by atoms with Crippen molar-refractivity contribution in [3.8, 4) is 17.1 Å². The number of aromatic nitrogens is 2. The summed E-state index contributed by atoms with van der Waals surface area (Å²) < 4.78 is 10.4. The van der Waals surface area contributed by atoms with Crippen LogP contribution >= 0.6 is 0 Å². The number of hydrogen-bond acceptors (Lipinski definition) is 5. The minimum Gasteiger partial charge on any atom is -0.497 e. The quantitative estimate of drug-likeness (QED) is 0.781. The summed E-state index contributed by atoms with van der Waals surface area (Å²) in [7, 11) is 1.60. The molecular formula is C18H17N3O3. The fourth-order valence-electron chi connectivity index (χ4n) is 2.28. The average Bonchev–Trinajstić information content (AvgIpc) is 3.09. The van der Waals surface area contributed by atoms with Crippen LogP contribution in [0.2, 0.25) is 0 Å². The van der Waals surface area contributed by atoms with E-state index in [0.717, 1.165) is 11.1 Å². The van der Waals surface area contributed by atoms with Crippen LogP contribution in [0.5, 0.6) is 5.75 Å². The highest BCUT2D eigenvalue weighted by Gasteiger charge is 2.12. The molecule has 0 spiro atoms. The molecule has 0 radical (unpaired) electrons. The number of carbonyl (C=O) groups excluding carboxylic acids is 1. The van der Waals surface area contributed by atoms with Crippen molar-refractivity contribution in [1.82, 2.24) is 15.5 Å². The molecule has 0 bridgehead atoms. The number of amides is 1. The van der Waals surface area contributed by atoms with Gasteiger partial charge in [-0.2, -0.15) is 4.98 Å². The molecule has 0 fully saturated rings. The Bertz CT molecular complexity index is 858. The molecule has 3 rings (SSSR count). The minimum atomic E-state index is -0.172. The summed E-state index contributed by atoms with van der Waals surface area (Å²) >= 11 is 0. The van der Waals surface area contributed by atoms with Crippen molar-refractivity contribution in [1.29, 1.82) is 0 Å². The van der Waals surface area contributed by atoms with Crippen LogP contribution in [0, 0.1) is 6.92 Å². The van der Waals surface area contributed by atoms with Gasteiger partial charge in [0.25, 0.3) is 5.91 Å². The predicted molar refractivity (Wildman–Crippen MR) is 88.6 cm³/mol. The topological polar surface area (TPSA) is 77.3 Å². The van der Waals surface area contributed by atoms with E-state index in [9.17, 15) is 4.79 Å². The maximum atomic E-state index is 12.2. The van der Waals surface area contributed by atoms with Gasteiger partial charge in [-0.05, 0) is 30.7 Å². The Hall–Kier alpha value is -3.15. The van der Waals surface area contributed by atoms with Crippen molar-refractivity contribution >= 4 is 5.91 Å². The second kappa shape index (κ2) is 6.95. The first-order chi connectivity index (χ1) is 11.7. The zero-order chi connectivity index (χ0) is 16.9. The summed E-state index contributed by atoms with van der Waals surface area (Å²) in [5, 5.41) is 6.72. The average molecular weight is 323 g/mol. The van der Waals surface area contributed by atoms with Crippen LogP contribution in [0.4, 0.5) is 0 Å². The Morgan fingerprint density at radius 2 is 2.04 bits per heavy atom. The molecule has 0 aliphatic rings. The molecule has 122 valence electrons. The molecular weight excluding hydrogens is 306 g/mol. The van der Waals surface area contributed by atoms with E-state index < -0.39 is 0 Å². The fraction of sp³-hybridized carbons (Fsp3) is 0.167. The van der Waals surface area contributed by atoms with E-state index in [1.54, 1.807) is 13.2 Å². The highest BCUT2D eigenvalue weighted by Crippen LogP contribution is 2.21. The van der Waals surface area contributed by atoms with Gasteiger partial charge >= 0.3 is 0 Å². The van der Waals surface area contributed by atoms with Crippen LogP contribution in [0.25, 0.3) is 11.4 Å². The van der Waals surface area contributed by atoms with Gasteiger partial charge in [0.05, 0.1) is 13.7 Å². The number of rotatable bonds is 5. The number of benzene rings is 2. The first-order valence-electron chi connectivity index (χ1n) is 7.48. The molecule has 0 saturated heterocycles. The number of methoxy groups -OCH3 is 1. The molecule has 1 amide bonds. The largest absolute Gasteiger partial charge is 0.497 e. The van der Waals surface area contributed by atoms with Crippen molar-refractivity contribution in [3.05, 3.63) is 65.5 Å². The third-order valence-electron chi connectivity index (χ3n) is 3.59. The smallest absolute Gasteiger partial charge is 0.251 e. The Morgan fingerprint density at radius 1 is 1.21 bits per heavy atom. The van der Waals surface area contributed by atoms with E-state index in [4.69, 9.17) is 9.26 Å². The van der Waals surface area contributed by atoms with Gasteiger partial charge in [-0.3, -0.25) is 4.79 Å². The van der Waals surface area contributed by atoms with Gasteiger partial charge in [0.15, 0.2) is 0 Å². The maximum Gasteiger partial charge on any atom is 0.251 e. The van der Waals surface area contributed by atoms with E-state index >= 15 is 0 Å². The van der Waals surface area contributed by atoms with Gasteiger partial charge in [-0.25, -0.2) is 0 Å². The van der Waals surface area contributed by atoms with Crippen LogP contribution in [-0.4, -0.2) is 23.2 Å². The first-order valence-corrected chi connectivity index (χ1v) is 7.48. The van der Waals surface area contributed by atoms with Gasteiger partial charge in [0, 0.05) is 11.1 Å². The molecule has 6 heteroatoms. The summed E-state index contributed by atoms with van der Waals surface area (Å²) in [6.07, 6.45) is 0. The molecule has 0 atom stereocenters. The summed E-state index contributed by atoms with van der Waals surface area (Å²) in [4.78, 5) is 16.5. The third-order valence-corrected chi connectivity index (χ3v) is 3.59. The molecule has 0 saturated carbocycles. The number of hydrogen-bond donors (Lipinski definition) is 1. The van der Waals surface area contributed by atoms with E-state index in [0.29, 0.717) is 23.0 Å². The number of nitrogens with zero attached hydrogens (tertiary/aromatic N) is 2. The Labute approximate surface area is 139 Å². The molecule has 1 N–H and O–H groups in total. The highest BCUT2D eigenvalue weighted by molar-refractivity contribution is 5.95. The Morgan fingerprint density at radius 3 is 2.83 bits per heavy atom. The number of aryl methyl sites for hydroxylation is 1. The van der Waals surface area contributed by atoms with Gasteiger partial charge in [-0.15, -0.1) is 0 Å². The zero-order valence-corrected chi connectivity index (χ0v) is 13.4. The standard InChI is InChI=1S/C18H17N3O3/c1-12-6-3-4-9-15(12)18(22)19-11-16-20-17(21-24-16)13-7-5-8-14(10-13)23-2/h3-10H,11H2,1-2H3,(H,19,22). The van der Waals surface area contributed by atoms with E-state index in [1.165, 1.54) is 0 Å². The lowest BCUT2D eigenvalue weighted by atomic mass is 10.1. The van der Waals surface area contributed by atoms with Crippen LogP contribution in [0.3, 0.4) is 0 Å². The van der Waals surface area contributed by atoms with E-state index in [2.05, 4.69) is 15.5 Å². The number of ether oxygens (including phenoxy) is 1. The lowest BCUT2D eigenvalue weighted by Gasteiger charge is -2.05. The molecule has 0 unspecified atom stereocenters.